The van der Waals surface area contributed by atoms with Crippen LogP contribution in [0.15, 0.2) is 12.1 Å². The molecule has 8 nitrogen and oxygen atoms in total. The topological polar surface area (TPSA) is 79.8 Å². The van der Waals surface area contributed by atoms with E-state index in [9.17, 15) is 4.79 Å². The van der Waals surface area contributed by atoms with E-state index in [1.165, 1.54) is 29.7 Å². The highest BCUT2D eigenvalue weighted by atomic mass is 32.1. The first-order chi connectivity index (χ1) is 15.6. The summed E-state index contributed by atoms with van der Waals surface area (Å²) in [4.78, 5) is 17.0. The predicted octanol–water partition coefficient (Wildman–Crippen LogP) is 2.79. The Morgan fingerprint density at radius 3 is 2.56 bits per heavy atom. The molecule has 2 fully saturated rings. The first kappa shape index (κ1) is 22.8. The fraction of sp³-hybridized carbons (Fsp3) is 0.609. The van der Waals surface area contributed by atoms with E-state index in [0.29, 0.717) is 12.5 Å². The van der Waals surface area contributed by atoms with E-state index in [0.717, 1.165) is 72.8 Å². The first-order valence-electron chi connectivity index (χ1n) is 11.4. The number of rotatable bonds is 8. The van der Waals surface area contributed by atoms with Crippen molar-refractivity contribution in [1.82, 2.24) is 20.4 Å². The Kier molecular flexibility index (Phi) is 7.47. The van der Waals surface area contributed by atoms with Gasteiger partial charge in [0.1, 0.15) is 16.5 Å². The van der Waals surface area contributed by atoms with Crippen LogP contribution in [-0.2, 0) is 17.8 Å². The maximum absolute atomic E-state index is 12.3. The Morgan fingerprint density at radius 1 is 1.12 bits per heavy atom. The van der Waals surface area contributed by atoms with E-state index in [1.807, 2.05) is 13.0 Å². The van der Waals surface area contributed by atoms with Crippen LogP contribution < -0.4 is 19.7 Å². The molecule has 9 heteroatoms. The van der Waals surface area contributed by atoms with Gasteiger partial charge in [-0.1, -0.05) is 30.2 Å². The summed E-state index contributed by atoms with van der Waals surface area (Å²) in [5.41, 5.74) is 2.20. The second-order valence-electron chi connectivity index (χ2n) is 8.55. The summed E-state index contributed by atoms with van der Waals surface area (Å²) in [6.45, 7) is 6.52. The number of aromatic nitrogens is 2. The van der Waals surface area contributed by atoms with Crippen molar-refractivity contribution < 1.29 is 14.3 Å². The van der Waals surface area contributed by atoms with Crippen molar-refractivity contribution >= 4 is 22.4 Å². The molecule has 2 aromatic rings. The number of nitrogens with zero attached hydrogens (tertiary/aromatic N) is 4. The van der Waals surface area contributed by atoms with Crippen molar-refractivity contribution in [1.29, 1.82) is 0 Å². The summed E-state index contributed by atoms with van der Waals surface area (Å²) >= 11 is 1.53. The van der Waals surface area contributed by atoms with Gasteiger partial charge in [-0.2, -0.15) is 0 Å². The predicted molar refractivity (Wildman–Crippen MR) is 126 cm³/mol. The smallest absolute Gasteiger partial charge is 0.227 e. The molecular weight excluding hydrogens is 426 g/mol. The van der Waals surface area contributed by atoms with Crippen molar-refractivity contribution in [3.05, 3.63) is 28.3 Å². The average molecular weight is 460 g/mol. The van der Waals surface area contributed by atoms with Gasteiger partial charge in [-0.15, -0.1) is 10.2 Å². The van der Waals surface area contributed by atoms with Gasteiger partial charge in [0, 0.05) is 49.9 Å². The van der Waals surface area contributed by atoms with Crippen molar-refractivity contribution in [2.24, 2.45) is 0 Å². The van der Waals surface area contributed by atoms with Crippen LogP contribution in [0.5, 0.6) is 11.5 Å². The quantitative estimate of drug-likeness (QED) is 0.650. The molecule has 1 amide bonds. The minimum Gasteiger partial charge on any atom is -0.496 e. The van der Waals surface area contributed by atoms with Gasteiger partial charge in [0.05, 0.1) is 20.6 Å². The van der Waals surface area contributed by atoms with E-state index < -0.39 is 0 Å². The van der Waals surface area contributed by atoms with Gasteiger partial charge in [-0.05, 0) is 25.8 Å². The Bertz CT molecular complexity index is 920. The molecule has 2 heterocycles. The normalized spacial score (nSPS) is 17.5. The lowest BCUT2D eigenvalue weighted by Crippen LogP contribution is -2.46. The highest BCUT2D eigenvalue weighted by molar-refractivity contribution is 7.15. The summed E-state index contributed by atoms with van der Waals surface area (Å²) in [6.07, 6.45) is 4.94. The van der Waals surface area contributed by atoms with E-state index in [-0.39, 0.29) is 5.91 Å². The third kappa shape index (κ3) is 5.32. The number of ether oxygens (including phenoxy) is 2. The molecule has 32 heavy (non-hydrogen) atoms. The molecule has 1 saturated carbocycles. The minimum atomic E-state index is 0.0631. The number of amides is 1. The van der Waals surface area contributed by atoms with E-state index in [2.05, 4.69) is 31.4 Å². The Morgan fingerprint density at radius 2 is 1.88 bits per heavy atom. The van der Waals surface area contributed by atoms with Crippen LogP contribution in [0, 0.1) is 6.92 Å². The molecule has 4 rings (SSSR count). The Labute approximate surface area is 193 Å². The molecule has 1 aromatic heterocycles. The zero-order valence-electron chi connectivity index (χ0n) is 19.2. The van der Waals surface area contributed by atoms with Crippen LogP contribution in [0.4, 0.5) is 5.13 Å². The van der Waals surface area contributed by atoms with Gasteiger partial charge in [-0.25, -0.2) is 0 Å². The Balaban J connectivity index is 1.29. The minimum absolute atomic E-state index is 0.0631. The van der Waals surface area contributed by atoms with Crippen LogP contribution in [0.25, 0.3) is 0 Å². The number of anilines is 1. The lowest BCUT2D eigenvalue weighted by atomic mass is 10.1. The van der Waals surface area contributed by atoms with Gasteiger partial charge in [-0.3, -0.25) is 9.69 Å². The number of hydrogen-bond donors (Lipinski definition) is 1. The number of carbonyl (C=O) groups excluding carboxylic acids is 1. The number of carbonyl (C=O) groups is 1. The van der Waals surface area contributed by atoms with Gasteiger partial charge in [0.25, 0.3) is 0 Å². The molecule has 1 aliphatic heterocycles. The molecule has 0 spiro atoms. The van der Waals surface area contributed by atoms with Crippen LogP contribution >= 0.6 is 11.3 Å². The maximum atomic E-state index is 12.3. The number of piperazine rings is 1. The molecular formula is C23H33N5O3S. The van der Waals surface area contributed by atoms with E-state index >= 15 is 0 Å². The second-order valence-corrected chi connectivity index (χ2v) is 9.59. The van der Waals surface area contributed by atoms with Crippen LogP contribution in [0.3, 0.4) is 0 Å². The summed E-state index contributed by atoms with van der Waals surface area (Å²) in [6, 6.07) is 4.44. The second kappa shape index (κ2) is 10.5. The zero-order chi connectivity index (χ0) is 22.5. The molecule has 1 aliphatic carbocycles. The van der Waals surface area contributed by atoms with Crippen molar-refractivity contribution in [3.8, 4) is 11.5 Å². The molecule has 0 unspecified atom stereocenters. The zero-order valence-corrected chi connectivity index (χ0v) is 20.0. The highest BCUT2D eigenvalue weighted by Gasteiger charge is 2.23. The van der Waals surface area contributed by atoms with Crippen molar-refractivity contribution in [2.75, 3.05) is 45.3 Å². The lowest BCUT2D eigenvalue weighted by molar-refractivity contribution is -0.121. The standard InChI is InChI=1S/C23H33N5O3S/c1-16-19(30-2)9-8-17(22(16)31-3)15-27-10-12-28(13-11-27)23-26-25-21(32-23)14-20(29)24-18-6-4-5-7-18/h8-9,18H,4-7,10-15H2,1-3H3,(H,24,29). The SMILES string of the molecule is COc1ccc(CN2CCN(c3nnc(CC(=O)NC4CCCC4)s3)CC2)c(OC)c1C. The van der Waals surface area contributed by atoms with Gasteiger partial charge in [0.15, 0.2) is 0 Å². The highest BCUT2D eigenvalue weighted by Crippen LogP contribution is 2.32. The molecule has 1 N–H and O–H groups in total. The molecule has 174 valence electrons. The third-order valence-corrected chi connectivity index (χ3v) is 7.37. The number of hydrogen-bond acceptors (Lipinski definition) is 8. The third-order valence-electron chi connectivity index (χ3n) is 6.39. The number of benzene rings is 1. The molecule has 2 aliphatic rings. The van der Waals surface area contributed by atoms with Crippen LogP contribution in [0.1, 0.15) is 41.8 Å². The van der Waals surface area contributed by atoms with Gasteiger partial charge in [0.2, 0.25) is 11.0 Å². The Hall–Kier alpha value is -2.39. The van der Waals surface area contributed by atoms with Gasteiger partial charge < -0.3 is 19.7 Å². The fourth-order valence-corrected chi connectivity index (χ4v) is 5.52. The van der Waals surface area contributed by atoms with Crippen molar-refractivity contribution in [2.45, 2.75) is 51.6 Å². The van der Waals surface area contributed by atoms with E-state index in [4.69, 9.17) is 9.47 Å². The largest absolute Gasteiger partial charge is 0.496 e. The van der Waals surface area contributed by atoms with E-state index in [1.54, 1.807) is 14.2 Å². The summed E-state index contributed by atoms with van der Waals surface area (Å²) in [5, 5.41) is 13.4. The van der Waals surface area contributed by atoms with Gasteiger partial charge >= 0.3 is 0 Å². The number of methoxy groups -OCH3 is 2. The molecule has 0 atom stereocenters. The fourth-order valence-electron chi connectivity index (χ4n) is 4.63. The monoisotopic (exact) mass is 459 g/mol. The van der Waals surface area contributed by atoms with Crippen molar-refractivity contribution in [3.63, 3.8) is 0 Å². The summed E-state index contributed by atoms with van der Waals surface area (Å²) < 4.78 is 11.1. The average Bonchev–Trinajstić information content (AvgIpc) is 3.47. The molecule has 1 aromatic carbocycles. The number of nitrogens with one attached hydrogen (secondary N) is 1. The first-order valence-corrected chi connectivity index (χ1v) is 12.2. The summed E-state index contributed by atoms with van der Waals surface area (Å²) in [7, 11) is 3.39. The molecule has 1 saturated heterocycles. The lowest BCUT2D eigenvalue weighted by Gasteiger charge is -2.34. The van der Waals surface area contributed by atoms with Crippen LogP contribution in [-0.4, -0.2) is 67.4 Å². The molecule has 0 bridgehead atoms. The maximum Gasteiger partial charge on any atom is 0.227 e. The molecule has 0 radical (unpaired) electrons. The summed E-state index contributed by atoms with van der Waals surface area (Å²) in [5.74, 6) is 1.81. The van der Waals surface area contributed by atoms with Crippen LogP contribution in [0.2, 0.25) is 0 Å².